The Morgan fingerprint density at radius 3 is 2.73 bits per heavy atom. The maximum Gasteiger partial charge on any atom is 0.258 e. The normalized spacial score (nSPS) is 14.7. The summed E-state index contributed by atoms with van der Waals surface area (Å²) in [6, 6.07) is 5.52. The summed E-state index contributed by atoms with van der Waals surface area (Å²) in [6.07, 6.45) is 1.10. The number of carbonyl (C=O) groups is 1. The smallest absolute Gasteiger partial charge is 0.258 e. The van der Waals surface area contributed by atoms with Crippen molar-refractivity contribution in [2.24, 2.45) is 0 Å². The number of methoxy groups -OCH3 is 1. The van der Waals surface area contributed by atoms with Gasteiger partial charge in [0.25, 0.3) is 5.91 Å². The average molecular weight is 270 g/mol. The molecule has 80 valence electrons. The highest BCUT2D eigenvalue weighted by Gasteiger charge is 2.25. The minimum atomic E-state index is 0.0468. The van der Waals surface area contributed by atoms with Crippen molar-refractivity contribution < 1.29 is 9.53 Å². The molecule has 1 aromatic carbocycles. The van der Waals surface area contributed by atoms with Gasteiger partial charge < -0.3 is 9.64 Å². The third-order valence-electron chi connectivity index (χ3n) is 2.55. The Labute approximate surface area is 97.2 Å². The van der Waals surface area contributed by atoms with Crippen molar-refractivity contribution in [2.75, 3.05) is 20.2 Å². The lowest BCUT2D eigenvalue weighted by Gasteiger charge is -2.31. The first kappa shape index (κ1) is 10.5. The molecule has 1 heterocycles. The first-order valence-electron chi connectivity index (χ1n) is 4.86. The Morgan fingerprint density at radius 1 is 1.47 bits per heavy atom. The lowest BCUT2D eigenvalue weighted by atomic mass is 10.1. The van der Waals surface area contributed by atoms with Crippen molar-refractivity contribution in [3.63, 3.8) is 0 Å². The number of likely N-dealkylation sites (tertiary alicyclic amines) is 1. The van der Waals surface area contributed by atoms with E-state index in [1.54, 1.807) is 13.2 Å². The molecule has 0 saturated carbocycles. The van der Waals surface area contributed by atoms with Gasteiger partial charge in [0, 0.05) is 17.6 Å². The fourth-order valence-electron chi connectivity index (χ4n) is 1.56. The molecule has 0 aromatic heterocycles. The van der Waals surface area contributed by atoms with Crippen LogP contribution in [0.2, 0.25) is 0 Å². The highest BCUT2D eigenvalue weighted by Crippen LogP contribution is 2.29. The number of hydrogen-bond acceptors (Lipinski definition) is 2. The summed E-state index contributed by atoms with van der Waals surface area (Å²) >= 11 is 3.38. The quantitative estimate of drug-likeness (QED) is 0.825. The van der Waals surface area contributed by atoms with Crippen LogP contribution in [0.1, 0.15) is 16.8 Å². The van der Waals surface area contributed by atoms with E-state index in [1.807, 2.05) is 17.0 Å². The summed E-state index contributed by atoms with van der Waals surface area (Å²) in [7, 11) is 1.58. The van der Waals surface area contributed by atoms with Gasteiger partial charge in [-0.15, -0.1) is 0 Å². The fraction of sp³-hybridized carbons (Fsp3) is 0.364. The highest BCUT2D eigenvalue weighted by molar-refractivity contribution is 9.10. The molecule has 0 aliphatic carbocycles. The van der Waals surface area contributed by atoms with Gasteiger partial charge in [-0.05, 0) is 34.5 Å². The van der Waals surface area contributed by atoms with E-state index in [4.69, 9.17) is 4.74 Å². The minimum Gasteiger partial charge on any atom is -0.496 e. The minimum absolute atomic E-state index is 0.0468. The lowest BCUT2D eigenvalue weighted by Crippen LogP contribution is -2.42. The van der Waals surface area contributed by atoms with Crippen LogP contribution in [0.5, 0.6) is 5.75 Å². The maximum absolute atomic E-state index is 12.0. The molecule has 0 radical (unpaired) electrons. The van der Waals surface area contributed by atoms with Crippen LogP contribution in [0, 0.1) is 0 Å². The molecular formula is C11H12BrNO2. The number of benzene rings is 1. The predicted molar refractivity (Wildman–Crippen MR) is 61.2 cm³/mol. The van der Waals surface area contributed by atoms with Crippen LogP contribution in [0.15, 0.2) is 22.7 Å². The van der Waals surface area contributed by atoms with E-state index in [1.165, 1.54) is 0 Å². The molecule has 15 heavy (non-hydrogen) atoms. The van der Waals surface area contributed by atoms with Gasteiger partial charge in [-0.2, -0.15) is 0 Å². The van der Waals surface area contributed by atoms with E-state index in [0.717, 1.165) is 24.0 Å². The van der Waals surface area contributed by atoms with Crippen molar-refractivity contribution in [3.8, 4) is 5.75 Å². The largest absolute Gasteiger partial charge is 0.496 e. The Balaban J connectivity index is 2.36. The monoisotopic (exact) mass is 269 g/mol. The van der Waals surface area contributed by atoms with Crippen LogP contribution in [-0.4, -0.2) is 31.0 Å². The molecule has 0 spiro atoms. The van der Waals surface area contributed by atoms with Gasteiger partial charge >= 0.3 is 0 Å². The van der Waals surface area contributed by atoms with Crippen LogP contribution in [0.4, 0.5) is 0 Å². The van der Waals surface area contributed by atoms with Crippen molar-refractivity contribution in [2.45, 2.75) is 6.42 Å². The van der Waals surface area contributed by atoms with Crippen molar-refractivity contribution in [1.82, 2.24) is 4.90 Å². The Hall–Kier alpha value is -1.03. The second-order valence-corrected chi connectivity index (χ2v) is 4.32. The number of carbonyl (C=O) groups excluding carboxylic acids is 1. The first-order valence-corrected chi connectivity index (χ1v) is 5.65. The van der Waals surface area contributed by atoms with E-state index in [9.17, 15) is 4.79 Å². The molecule has 1 amide bonds. The Kier molecular flexibility index (Phi) is 2.95. The second-order valence-electron chi connectivity index (χ2n) is 3.46. The van der Waals surface area contributed by atoms with Gasteiger partial charge in [0.15, 0.2) is 0 Å². The summed E-state index contributed by atoms with van der Waals surface area (Å²) in [5.41, 5.74) is 0.625. The molecule has 1 aromatic rings. The number of nitrogens with zero attached hydrogens (tertiary/aromatic N) is 1. The SMILES string of the molecule is COc1cccc(Br)c1C(=O)N1CCC1. The van der Waals surface area contributed by atoms with Crippen molar-refractivity contribution >= 4 is 21.8 Å². The lowest BCUT2D eigenvalue weighted by molar-refractivity contribution is 0.0647. The molecule has 1 saturated heterocycles. The average Bonchev–Trinajstić information content (AvgIpc) is 2.14. The van der Waals surface area contributed by atoms with E-state index in [-0.39, 0.29) is 5.91 Å². The molecule has 0 atom stereocenters. The zero-order valence-corrected chi connectivity index (χ0v) is 10.1. The van der Waals surface area contributed by atoms with E-state index in [0.29, 0.717) is 11.3 Å². The molecule has 0 unspecified atom stereocenters. The fourth-order valence-corrected chi connectivity index (χ4v) is 2.08. The third kappa shape index (κ3) is 1.86. The predicted octanol–water partition coefficient (Wildman–Crippen LogP) is 2.30. The zero-order chi connectivity index (χ0) is 10.8. The molecule has 0 bridgehead atoms. The van der Waals surface area contributed by atoms with Crippen molar-refractivity contribution in [1.29, 1.82) is 0 Å². The third-order valence-corrected chi connectivity index (χ3v) is 3.21. The molecule has 4 heteroatoms. The molecular weight excluding hydrogens is 258 g/mol. The Morgan fingerprint density at radius 2 is 2.20 bits per heavy atom. The van der Waals surface area contributed by atoms with Crippen molar-refractivity contribution in [3.05, 3.63) is 28.2 Å². The summed E-state index contributed by atoms with van der Waals surface area (Å²) in [5, 5.41) is 0. The number of hydrogen-bond donors (Lipinski definition) is 0. The van der Waals surface area contributed by atoms with Crippen LogP contribution < -0.4 is 4.74 Å². The molecule has 2 rings (SSSR count). The molecule has 0 N–H and O–H groups in total. The molecule has 1 aliphatic heterocycles. The summed E-state index contributed by atoms with van der Waals surface area (Å²) < 4.78 is 5.98. The van der Waals surface area contributed by atoms with Crippen LogP contribution in [0.3, 0.4) is 0 Å². The summed E-state index contributed by atoms with van der Waals surface area (Å²) in [6.45, 7) is 1.70. The molecule has 3 nitrogen and oxygen atoms in total. The van der Waals surface area contributed by atoms with E-state index in [2.05, 4.69) is 15.9 Å². The number of halogens is 1. The van der Waals surface area contributed by atoms with Crippen LogP contribution >= 0.6 is 15.9 Å². The number of ether oxygens (including phenoxy) is 1. The number of amides is 1. The van der Waals surface area contributed by atoms with Gasteiger partial charge in [-0.3, -0.25) is 4.79 Å². The van der Waals surface area contributed by atoms with Crippen LogP contribution in [-0.2, 0) is 0 Å². The van der Waals surface area contributed by atoms with Gasteiger partial charge in [0.1, 0.15) is 5.75 Å². The first-order chi connectivity index (χ1) is 7.24. The standard InChI is InChI=1S/C11H12BrNO2/c1-15-9-5-2-4-8(12)10(9)11(14)13-6-3-7-13/h2,4-5H,3,6-7H2,1H3. The van der Waals surface area contributed by atoms with Gasteiger partial charge in [0.05, 0.1) is 12.7 Å². The zero-order valence-electron chi connectivity index (χ0n) is 8.50. The van der Waals surface area contributed by atoms with Gasteiger partial charge in [-0.1, -0.05) is 6.07 Å². The summed E-state index contributed by atoms with van der Waals surface area (Å²) in [5.74, 6) is 0.673. The topological polar surface area (TPSA) is 29.5 Å². The van der Waals surface area contributed by atoms with E-state index < -0.39 is 0 Å². The van der Waals surface area contributed by atoms with Gasteiger partial charge in [-0.25, -0.2) is 0 Å². The van der Waals surface area contributed by atoms with Gasteiger partial charge in [0.2, 0.25) is 0 Å². The molecule has 1 fully saturated rings. The summed E-state index contributed by atoms with van der Waals surface area (Å²) in [4.78, 5) is 13.9. The van der Waals surface area contributed by atoms with Crippen LogP contribution in [0.25, 0.3) is 0 Å². The second kappa shape index (κ2) is 4.23. The number of rotatable bonds is 2. The Bertz CT molecular complexity index is 388. The van der Waals surface area contributed by atoms with E-state index >= 15 is 0 Å². The highest BCUT2D eigenvalue weighted by atomic mass is 79.9. The maximum atomic E-state index is 12.0. The molecule has 1 aliphatic rings.